The van der Waals surface area contributed by atoms with Crippen LogP contribution in [-0.4, -0.2) is 55.7 Å². The third-order valence-electron chi connectivity index (χ3n) is 6.31. The third-order valence-corrected chi connectivity index (χ3v) is 6.31. The highest BCUT2D eigenvalue weighted by Crippen LogP contribution is 2.39. The Morgan fingerprint density at radius 2 is 1.91 bits per heavy atom. The van der Waals surface area contributed by atoms with Crippen molar-refractivity contribution in [3.05, 3.63) is 59.7 Å². The monoisotopic (exact) mass is 461 g/mol. The van der Waals surface area contributed by atoms with Crippen LogP contribution in [0.1, 0.15) is 25.0 Å². The van der Waals surface area contributed by atoms with E-state index in [1.807, 2.05) is 44.2 Å². The van der Waals surface area contributed by atoms with Crippen LogP contribution in [0.3, 0.4) is 0 Å². The number of nitrogens with zero attached hydrogens (tertiary/aromatic N) is 2. The molecule has 2 heterocycles. The SMILES string of the molecule is CC(C)NC(=O)[C@H]1Cc2cc(C(F)(F)F)ccc2N2CCN(CCOc3ccccc3)C[C@H]12. The van der Waals surface area contributed by atoms with E-state index in [-0.39, 0.29) is 18.0 Å². The van der Waals surface area contributed by atoms with Gasteiger partial charge in [0.15, 0.2) is 0 Å². The molecule has 178 valence electrons. The molecule has 0 aromatic heterocycles. The minimum atomic E-state index is -4.40. The maximum atomic E-state index is 13.3. The number of halogens is 3. The molecule has 2 aliphatic heterocycles. The van der Waals surface area contributed by atoms with E-state index in [4.69, 9.17) is 4.74 Å². The summed E-state index contributed by atoms with van der Waals surface area (Å²) in [4.78, 5) is 17.5. The van der Waals surface area contributed by atoms with Gasteiger partial charge in [-0.2, -0.15) is 13.2 Å². The highest BCUT2D eigenvalue weighted by Gasteiger charge is 2.42. The number of ether oxygens (including phenoxy) is 1. The van der Waals surface area contributed by atoms with E-state index in [0.717, 1.165) is 30.6 Å². The van der Waals surface area contributed by atoms with Crippen molar-refractivity contribution in [1.29, 1.82) is 0 Å². The first kappa shape index (κ1) is 23.4. The molecule has 33 heavy (non-hydrogen) atoms. The number of benzene rings is 2. The lowest BCUT2D eigenvalue weighted by atomic mass is 9.82. The largest absolute Gasteiger partial charge is 0.492 e. The zero-order chi connectivity index (χ0) is 23.6. The van der Waals surface area contributed by atoms with E-state index in [2.05, 4.69) is 15.1 Å². The maximum Gasteiger partial charge on any atom is 0.416 e. The first-order valence-electron chi connectivity index (χ1n) is 11.4. The number of rotatable bonds is 6. The number of hydrogen-bond donors (Lipinski definition) is 1. The second kappa shape index (κ2) is 9.63. The number of alkyl halides is 3. The standard InChI is InChI=1S/C25H30F3N3O2/c1-17(2)29-24(32)21-15-18-14-19(25(26,27)28)8-9-22(18)31-11-10-30(16-23(21)31)12-13-33-20-6-4-3-5-7-20/h3-9,14,17,21,23H,10-13,15-16H2,1-2H3,(H,29,32)/t21-,23+/m0/s1. The van der Waals surface area contributed by atoms with Gasteiger partial charge in [-0.1, -0.05) is 18.2 Å². The van der Waals surface area contributed by atoms with Crippen molar-refractivity contribution in [2.24, 2.45) is 5.92 Å². The van der Waals surface area contributed by atoms with Gasteiger partial charge >= 0.3 is 6.18 Å². The Bertz CT molecular complexity index is 965. The molecule has 8 heteroatoms. The number of amides is 1. The minimum Gasteiger partial charge on any atom is -0.492 e. The van der Waals surface area contributed by atoms with Crippen molar-refractivity contribution in [3.8, 4) is 5.75 Å². The van der Waals surface area contributed by atoms with Crippen LogP contribution in [0.5, 0.6) is 5.75 Å². The molecule has 5 nitrogen and oxygen atoms in total. The molecular formula is C25H30F3N3O2. The van der Waals surface area contributed by atoms with E-state index < -0.39 is 17.7 Å². The lowest BCUT2D eigenvalue weighted by Gasteiger charge is -2.49. The average Bonchev–Trinajstić information content (AvgIpc) is 2.77. The summed E-state index contributed by atoms with van der Waals surface area (Å²) in [6, 6.07) is 13.4. The molecule has 2 aromatic carbocycles. The normalized spacial score (nSPS) is 20.8. The molecule has 2 aliphatic rings. The zero-order valence-corrected chi connectivity index (χ0v) is 18.9. The summed E-state index contributed by atoms with van der Waals surface area (Å²) in [7, 11) is 0. The Morgan fingerprint density at radius 1 is 1.15 bits per heavy atom. The van der Waals surface area contributed by atoms with Gasteiger partial charge in [0.2, 0.25) is 5.91 Å². The van der Waals surface area contributed by atoms with Crippen molar-refractivity contribution in [3.63, 3.8) is 0 Å². The van der Waals surface area contributed by atoms with Crippen LogP contribution in [0.2, 0.25) is 0 Å². The summed E-state index contributed by atoms with van der Waals surface area (Å²) in [5.74, 6) is 0.295. The summed E-state index contributed by atoms with van der Waals surface area (Å²) in [5.41, 5.74) is 0.729. The first-order valence-corrected chi connectivity index (χ1v) is 11.4. The lowest BCUT2D eigenvalue weighted by molar-refractivity contribution is -0.137. The molecule has 0 unspecified atom stereocenters. The fourth-order valence-corrected chi connectivity index (χ4v) is 4.76. The summed E-state index contributed by atoms with van der Waals surface area (Å²) >= 11 is 0. The number of nitrogens with one attached hydrogen (secondary N) is 1. The van der Waals surface area contributed by atoms with E-state index in [1.54, 1.807) is 6.07 Å². The molecule has 0 bridgehead atoms. The predicted octanol–water partition coefficient (Wildman–Crippen LogP) is 3.97. The molecule has 1 fully saturated rings. The molecule has 0 aliphatic carbocycles. The van der Waals surface area contributed by atoms with E-state index in [9.17, 15) is 18.0 Å². The van der Waals surface area contributed by atoms with Crippen LogP contribution in [0.15, 0.2) is 48.5 Å². The van der Waals surface area contributed by atoms with Crippen molar-refractivity contribution in [2.45, 2.75) is 38.5 Å². The number of piperazine rings is 1. The van der Waals surface area contributed by atoms with Gasteiger partial charge < -0.3 is 15.0 Å². The molecule has 0 radical (unpaired) electrons. The third kappa shape index (κ3) is 5.43. The molecule has 0 spiro atoms. The topological polar surface area (TPSA) is 44.8 Å². The molecular weight excluding hydrogens is 431 g/mol. The predicted molar refractivity (Wildman–Crippen MR) is 121 cm³/mol. The van der Waals surface area contributed by atoms with Gasteiger partial charge in [0.05, 0.1) is 17.5 Å². The summed E-state index contributed by atoms with van der Waals surface area (Å²) in [6.45, 7) is 7.11. The Balaban J connectivity index is 1.51. The number of para-hydroxylation sites is 1. The molecule has 0 saturated carbocycles. The summed E-state index contributed by atoms with van der Waals surface area (Å²) in [6.07, 6.45) is -4.10. The quantitative estimate of drug-likeness (QED) is 0.707. The van der Waals surface area contributed by atoms with Crippen LogP contribution in [0, 0.1) is 5.92 Å². The van der Waals surface area contributed by atoms with Gasteiger partial charge in [-0.25, -0.2) is 0 Å². The van der Waals surface area contributed by atoms with Gasteiger partial charge in [0.1, 0.15) is 12.4 Å². The Hall–Kier alpha value is -2.74. The van der Waals surface area contributed by atoms with Crippen LogP contribution in [0.25, 0.3) is 0 Å². The highest BCUT2D eigenvalue weighted by molar-refractivity contribution is 5.82. The van der Waals surface area contributed by atoms with Crippen LogP contribution in [0.4, 0.5) is 18.9 Å². The molecule has 4 rings (SSSR count). The second-order valence-electron chi connectivity index (χ2n) is 9.04. The van der Waals surface area contributed by atoms with Crippen LogP contribution < -0.4 is 15.0 Å². The van der Waals surface area contributed by atoms with Crippen molar-refractivity contribution in [2.75, 3.05) is 37.7 Å². The fraction of sp³-hybridized carbons (Fsp3) is 0.480. The van der Waals surface area contributed by atoms with Crippen molar-refractivity contribution < 1.29 is 22.7 Å². The van der Waals surface area contributed by atoms with Gasteiger partial charge in [0, 0.05) is 37.9 Å². The average molecular weight is 462 g/mol. The van der Waals surface area contributed by atoms with Gasteiger partial charge in [-0.15, -0.1) is 0 Å². The first-order chi connectivity index (χ1) is 15.7. The van der Waals surface area contributed by atoms with E-state index in [1.165, 1.54) is 6.07 Å². The second-order valence-corrected chi connectivity index (χ2v) is 9.04. The van der Waals surface area contributed by atoms with Gasteiger partial charge in [0.25, 0.3) is 0 Å². The van der Waals surface area contributed by atoms with Crippen LogP contribution >= 0.6 is 0 Å². The Labute approximate surface area is 192 Å². The fourth-order valence-electron chi connectivity index (χ4n) is 4.76. The molecule has 2 aromatic rings. The summed E-state index contributed by atoms with van der Waals surface area (Å²) in [5, 5.41) is 2.97. The zero-order valence-electron chi connectivity index (χ0n) is 18.9. The smallest absolute Gasteiger partial charge is 0.416 e. The van der Waals surface area contributed by atoms with Crippen LogP contribution in [-0.2, 0) is 17.4 Å². The molecule has 2 atom stereocenters. The number of anilines is 1. The van der Waals surface area contributed by atoms with Gasteiger partial charge in [-0.3, -0.25) is 9.69 Å². The number of hydrogen-bond acceptors (Lipinski definition) is 4. The number of carbonyl (C=O) groups is 1. The molecule has 1 amide bonds. The molecule has 1 saturated heterocycles. The van der Waals surface area contributed by atoms with Crippen molar-refractivity contribution >= 4 is 11.6 Å². The number of carbonyl (C=O) groups excluding carboxylic acids is 1. The Morgan fingerprint density at radius 3 is 2.61 bits per heavy atom. The summed E-state index contributed by atoms with van der Waals surface area (Å²) < 4.78 is 45.7. The minimum absolute atomic E-state index is 0.0344. The maximum absolute atomic E-state index is 13.3. The lowest BCUT2D eigenvalue weighted by Crippen LogP contribution is -2.61. The Kier molecular flexibility index (Phi) is 6.83. The highest BCUT2D eigenvalue weighted by atomic mass is 19.4. The van der Waals surface area contributed by atoms with E-state index >= 15 is 0 Å². The van der Waals surface area contributed by atoms with Crippen molar-refractivity contribution in [1.82, 2.24) is 10.2 Å². The molecule has 1 N–H and O–H groups in total. The van der Waals surface area contributed by atoms with E-state index in [0.29, 0.717) is 31.7 Å². The number of fused-ring (bicyclic) bond motifs is 3. The van der Waals surface area contributed by atoms with Gasteiger partial charge in [-0.05, 0) is 56.2 Å².